The van der Waals surface area contributed by atoms with Crippen molar-refractivity contribution in [2.75, 3.05) is 0 Å². The van der Waals surface area contributed by atoms with Crippen molar-refractivity contribution in [3.63, 3.8) is 0 Å². The highest BCUT2D eigenvalue weighted by molar-refractivity contribution is 5.79. The zero-order chi connectivity index (χ0) is 43.4. The second kappa shape index (κ2) is 15.0. The molecule has 0 radical (unpaired) electrons. The highest BCUT2D eigenvalue weighted by atomic mass is 16.6. The van der Waals surface area contributed by atoms with Gasteiger partial charge in [-0.1, -0.05) is 20.8 Å². The fraction of sp³-hybridized carbons (Fsp3) is 0.918. The molecular weight excluding hydrogens is 749 g/mol. The number of aliphatic hydroxyl groups is 2. The van der Waals surface area contributed by atoms with Crippen LogP contribution in [0.2, 0.25) is 0 Å². The van der Waals surface area contributed by atoms with E-state index in [4.69, 9.17) is 18.9 Å². The van der Waals surface area contributed by atoms with Gasteiger partial charge in [0.1, 0.15) is 23.4 Å². The molecule has 0 aromatic carbocycles. The Hall–Kier alpha value is -2.20. The molecule has 0 amide bonds. The number of hydrogen-bond acceptors (Lipinski definition) is 10. The molecule has 10 aliphatic carbocycles. The van der Waals surface area contributed by atoms with Gasteiger partial charge in [-0.25, -0.2) is 0 Å². The lowest BCUT2D eigenvalue weighted by molar-refractivity contribution is -0.264. The molecule has 0 aromatic rings. The van der Waals surface area contributed by atoms with Crippen molar-refractivity contribution < 1.29 is 48.3 Å². The molecule has 2 N–H and O–H groups in total. The SMILES string of the molecule is CCC(C)(C)C(=O)OC(C)(C)C12CC3CC(CC(C3)C1)C2.CCC(C)(C)C(=O)OC12CC3CC(O)(CC(O)(C3)C1)C2.CCC(C)(C)C(=O)OC1C2CC3C(=O)OC1C3C2. The fourth-order valence-corrected chi connectivity index (χ4v) is 13.8. The van der Waals surface area contributed by atoms with E-state index in [9.17, 15) is 29.4 Å². The Labute approximate surface area is 354 Å². The number of rotatable bonds is 10. The highest BCUT2D eigenvalue weighted by Crippen LogP contribution is 2.65. The summed E-state index contributed by atoms with van der Waals surface area (Å²) in [5, 5.41) is 21.3. The average Bonchev–Trinajstić information content (AvgIpc) is 3.75. The normalized spacial score (nSPS) is 42.1. The van der Waals surface area contributed by atoms with Gasteiger partial charge in [-0.2, -0.15) is 0 Å². The number of carbonyl (C=O) groups is 4. The summed E-state index contributed by atoms with van der Waals surface area (Å²) in [5.41, 5.74) is -3.71. The number of esters is 4. The van der Waals surface area contributed by atoms with Crippen LogP contribution in [0.3, 0.4) is 0 Å². The molecule has 10 heteroatoms. The van der Waals surface area contributed by atoms with Crippen LogP contribution in [0.1, 0.15) is 185 Å². The molecule has 10 nitrogen and oxygen atoms in total. The first-order chi connectivity index (χ1) is 27.2. The third-order valence-electron chi connectivity index (χ3n) is 17.9. The van der Waals surface area contributed by atoms with E-state index in [2.05, 4.69) is 20.8 Å². The lowest BCUT2D eigenvalue weighted by atomic mass is 9.46. The third kappa shape index (κ3) is 8.26. The van der Waals surface area contributed by atoms with Crippen LogP contribution in [0.15, 0.2) is 0 Å². The van der Waals surface area contributed by atoms with Crippen LogP contribution in [0.25, 0.3) is 0 Å². The van der Waals surface area contributed by atoms with E-state index < -0.39 is 27.6 Å². The molecule has 11 aliphatic rings. The molecule has 10 saturated carbocycles. The van der Waals surface area contributed by atoms with Crippen LogP contribution in [-0.2, 0) is 38.1 Å². The first-order valence-corrected chi connectivity index (χ1v) is 23.5. The second-order valence-corrected chi connectivity index (χ2v) is 24.1. The van der Waals surface area contributed by atoms with Gasteiger partial charge >= 0.3 is 23.9 Å². The lowest BCUT2D eigenvalue weighted by Crippen LogP contribution is -2.67. The zero-order valence-corrected chi connectivity index (χ0v) is 38.4. The zero-order valence-electron chi connectivity index (χ0n) is 38.4. The molecule has 11 fully saturated rings. The van der Waals surface area contributed by atoms with Crippen molar-refractivity contribution in [3.05, 3.63) is 0 Å². The minimum absolute atomic E-state index is 0.00857. The number of ether oxygens (including phenoxy) is 4. The summed E-state index contributed by atoms with van der Waals surface area (Å²) in [6.45, 7) is 22.0. The predicted octanol–water partition coefficient (Wildman–Crippen LogP) is 9.04. The van der Waals surface area contributed by atoms with Gasteiger partial charge in [-0.15, -0.1) is 0 Å². The summed E-state index contributed by atoms with van der Waals surface area (Å²) in [6.07, 6.45) is 15.6. The maximum atomic E-state index is 12.6. The van der Waals surface area contributed by atoms with Gasteiger partial charge in [-0.05, 0) is 169 Å². The van der Waals surface area contributed by atoms with Gasteiger partial charge in [0.05, 0.1) is 33.4 Å². The Balaban J connectivity index is 0.000000135. The summed E-state index contributed by atoms with van der Waals surface area (Å²) in [6, 6.07) is 0. The summed E-state index contributed by atoms with van der Waals surface area (Å²) in [4.78, 5) is 48.7. The van der Waals surface area contributed by atoms with Gasteiger partial charge in [0.15, 0.2) is 0 Å². The van der Waals surface area contributed by atoms with E-state index >= 15 is 0 Å². The quantitative estimate of drug-likeness (QED) is 0.162. The van der Waals surface area contributed by atoms with E-state index in [-0.39, 0.29) is 64.4 Å². The number of hydrogen-bond donors (Lipinski definition) is 2. The molecule has 334 valence electrons. The molecule has 7 atom stereocenters. The molecule has 1 saturated heterocycles. The van der Waals surface area contributed by atoms with E-state index in [1.807, 2.05) is 55.4 Å². The van der Waals surface area contributed by atoms with Gasteiger partial charge in [0.2, 0.25) is 0 Å². The van der Waals surface area contributed by atoms with Gasteiger partial charge in [0.25, 0.3) is 0 Å². The minimum Gasteiger partial charge on any atom is -0.459 e. The fourth-order valence-electron chi connectivity index (χ4n) is 13.8. The van der Waals surface area contributed by atoms with Gasteiger partial charge in [0, 0.05) is 36.5 Å². The molecule has 1 aliphatic heterocycles. The predicted molar refractivity (Wildman–Crippen MR) is 222 cm³/mol. The van der Waals surface area contributed by atoms with Crippen LogP contribution >= 0.6 is 0 Å². The Morgan fingerprint density at radius 3 is 1.63 bits per heavy atom. The van der Waals surface area contributed by atoms with Crippen LogP contribution in [0, 0.1) is 63.1 Å². The monoisotopic (exact) mass is 827 g/mol. The van der Waals surface area contributed by atoms with Crippen LogP contribution < -0.4 is 0 Å². The number of fused-ring (bicyclic) bond motifs is 1. The van der Waals surface area contributed by atoms with Crippen molar-refractivity contribution in [1.82, 2.24) is 0 Å². The van der Waals surface area contributed by atoms with Crippen LogP contribution in [0.5, 0.6) is 0 Å². The Kier molecular flexibility index (Phi) is 11.4. The Morgan fingerprint density at radius 1 is 0.644 bits per heavy atom. The summed E-state index contributed by atoms with van der Waals surface area (Å²) >= 11 is 0. The van der Waals surface area contributed by atoms with Crippen molar-refractivity contribution in [3.8, 4) is 0 Å². The average molecular weight is 827 g/mol. The molecular formula is C49H78O10. The topological polar surface area (TPSA) is 146 Å². The minimum atomic E-state index is -0.842. The van der Waals surface area contributed by atoms with Crippen molar-refractivity contribution in [1.29, 1.82) is 0 Å². The summed E-state index contributed by atoms with van der Waals surface area (Å²) in [7, 11) is 0. The van der Waals surface area contributed by atoms with Crippen LogP contribution in [-0.4, -0.2) is 68.7 Å². The molecule has 0 aromatic heterocycles. The van der Waals surface area contributed by atoms with E-state index in [0.29, 0.717) is 31.1 Å². The molecule has 1 heterocycles. The first kappa shape index (κ1) is 44.8. The molecule has 59 heavy (non-hydrogen) atoms. The molecule has 11 rings (SSSR count). The Bertz CT molecular complexity index is 1600. The van der Waals surface area contributed by atoms with Crippen LogP contribution in [0.4, 0.5) is 0 Å². The second-order valence-electron chi connectivity index (χ2n) is 24.1. The summed E-state index contributed by atoms with van der Waals surface area (Å²) in [5.74, 6) is 3.21. The largest absolute Gasteiger partial charge is 0.459 e. The molecule has 10 bridgehead atoms. The maximum absolute atomic E-state index is 12.6. The summed E-state index contributed by atoms with van der Waals surface area (Å²) < 4.78 is 23.1. The molecule has 7 unspecified atom stereocenters. The third-order valence-corrected chi connectivity index (χ3v) is 17.9. The van der Waals surface area contributed by atoms with Crippen molar-refractivity contribution >= 4 is 23.9 Å². The standard InChI is InChI=1S/C19H32O2.C16H26O4.C14H20O4/c1-6-17(2,3)16(20)21-18(4,5)19-10-13-7-14(11-19)9-15(8-13)12-19;1-4-13(2,3)12(17)20-16-7-11-5-14(18,9-16)8-15(19,6-11)10-16;1-4-14(2,3)13(16)18-10-7-5-8-9(6-7)12(15)17-11(8)10/h13-15H,6-12H2,1-5H3;11,18-19H,4-10H2,1-3H3;7-11H,4-6H2,1-3H3. The maximum Gasteiger partial charge on any atom is 0.312 e. The smallest absolute Gasteiger partial charge is 0.312 e. The van der Waals surface area contributed by atoms with Gasteiger partial charge in [-0.3, -0.25) is 19.2 Å². The highest BCUT2D eigenvalue weighted by Gasteiger charge is 2.66. The number of carbonyl (C=O) groups excluding carboxylic acids is 4. The van der Waals surface area contributed by atoms with Crippen molar-refractivity contribution in [2.45, 2.75) is 220 Å². The first-order valence-electron chi connectivity index (χ1n) is 23.5. The van der Waals surface area contributed by atoms with E-state index in [0.717, 1.165) is 69.1 Å². The van der Waals surface area contributed by atoms with Crippen molar-refractivity contribution in [2.24, 2.45) is 63.1 Å². The van der Waals surface area contributed by atoms with Gasteiger partial charge < -0.3 is 29.2 Å². The van der Waals surface area contributed by atoms with E-state index in [1.165, 1.54) is 38.5 Å². The Morgan fingerprint density at radius 2 is 1.14 bits per heavy atom. The van der Waals surface area contributed by atoms with E-state index in [1.54, 1.807) is 0 Å². The molecule has 0 spiro atoms. The lowest BCUT2D eigenvalue weighted by Gasteiger charge is -2.62.